The zero-order valence-electron chi connectivity index (χ0n) is 8.43. The molecule has 1 unspecified atom stereocenters. The molecule has 0 aliphatic heterocycles. The summed E-state index contributed by atoms with van der Waals surface area (Å²) in [5, 5.41) is 10.1. The number of carboxylic acids is 1. The summed E-state index contributed by atoms with van der Waals surface area (Å²) in [6.45, 7) is 1.77. The Morgan fingerprint density at radius 2 is 2.20 bits per heavy atom. The predicted molar refractivity (Wildman–Crippen MR) is 61.4 cm³/mol. The Hall–Kier alpha value is -1.05. The third kappa shape index (κ3) is 2.31. The molecular formula is C12H12O2Se. The minimum absolute atomic E-state index is 0.271. The normalized spacial score (nSPS) is 12.9. The van der Waals surface area contributed by atoms with Crippen molar-refractivity contribution in [3.63, 3.8) is 0 Å². The monoisotopic (exact) mass is 268 g/mol. The molecular weight excluding hydrogens is 255 g/mol. The number of hydrogen-bond acceptors (Lipinski definition) is 1. The zero-order valence-corrected chi connectivity index (χ0v) is 10.1. The van der Waals surface area contributed by atoms with Crippen LogP contribution in [0.1, 0.15) is 11.4 Å². The van der Waals surface area contributed by atoms with Crippen molar-refractivity contribution in [1.82, 2.24) is 0 Å². The van der Waals surface area contributed by atoms with E-state index in [2.05, 4.69) is 18.2 Å². The van der Waals surface area contributed by atoms with Gasteiger partial charge in [0, 0.05) is 0 Å². The molecule has 0 bridgehead atoms. The Bertz CT molecular complexity index is 454. The summed E-state index contributed by atoms with van der Waals surface area (Å²) in [5.41, 5.74) is 0. The van der Waals surface area contributed by atoms with E-state index in [1.165, 1.54) is 14.1 Å². The summed E-state index contributed by atoms with van der Waals surface area (Å²) in [4.78, 5) is 10.7. The Labute approximate surface area is 94.3 Å². The molecule has 0 fully saturated rings. The first kappa shape index (κ1) is 10.5. The predicted octanol–water partition coefficient (Wildman–Crippen LogP) is 2.16. The SMILES string of the molecule is CC(Cc1cc2ccccc2[se]1)C(=O)O. The molecule has 78 valence electrons. The topological polar surface area (TPSA) is 37.3 Å². The van der Waals surface area contributed by atoms with Crippen LogP contribution in [0, 0.1) is 5.92 Å². The van der Waals surface area contributed by atoms with Crippen molar-refractivity contribution in [2.24, 2.45) is 5.92 Å². The zero-order chi connectivity index (χ0) is 10.8. The fourth-order valence-electron chi connectivity index (χ4n) is 1.53. The molecule has 0 radical (unpaired) electrons. The van der Waals surface area contributed by atoms with Crippen molar-refractivity contribution >= 4 is 30.1 Å². The number of aliphatic carboxylic acids is 1. The number of hydrogen-bond donors (Lipinski definition) is 1. The second kappa shape index (κ2) is 4.21. The number of carboxylic acid groups (broad SMARTS) is 1. The summed E-state index contributed by atoms with van der Waals surface area (Å²) in [7, 11) is 0. The van der Waals surface area contributed by atoms with Gasteiger partial charge < -0.3 is 0 Å². The van der Waals surface area contributed by atoms with E-state index in [-0.39, 0.29) is 5.92 Å². The molecule has 0 saturated heterocycles. The van der Waals surface area contributed by atoms with E-state index in [1.54, 1.807) is 6.92 Å². The molecule has 2 aromatic rings. The third-order valence-electron chi connectivity index (χ3n) is 2.41. The Morgan fingerprint density at radius 3 is 2.87 bits per heavy atom. The van der Waals surface area contributed by atoms with Gasteiger partial charge in [-0.25, -0.2) is 0 Å². The van der Waals surface area contributed by atoms with Crippen LogP contribution >= 0.6 is 0 Å². The second-order valence-electron chi connectivity index (χ2n) is 3.69. The van der Waals surface area contributed by atoms with Crippen LogP contribution in [0.15, 0.2) is 30.3 Å². The van der Waals surface area contributed by atoms with Crippen molar-refractivity contribution in [2.45, 2.75) is 13.3 Å². The molecule has 0 aliphatic rings. The van der Waals surface area contributed by atoms with Crippen molar-refractivity contribution < 1.29 is 9.90 Å². The van der Waals surface area contributed by atoms with Gasteiger partial charge in [0.2, 0.25) is 0 Å². The van der Waals surface area contributed by atoms with Gasteiger partial charge >= 0.3 is 94.1 Å². The van der Waals surface area contributed by atoms with Crippen molar-refractivity contribution in [3.05, 3.63) is 34.8 Å². The van der Waals surface area contributed by atoms with Crippen LogP contribution in [0.4, 0.5) is 0 Å². The Balaban J connectivity index is 2.26. The molecule has 1 heterocycles. The summed E-state index contributed by atoms with van der Waals surface area (Å²) in [6, 6.07) is 10.4. The maximum absolute atomic E-state index is 10.7. The van der Waals surface area contributed by atoms with E-state index in [4.69, 9.17) is 5.11 Å². The van der Waals surface area contributed by atoms with Gasteiger partial charge in [-0.1, -0.05) is 0 Å². The first-order valence-corrected chi connectivity index (χ1v) is 6.58. The van der Waals surface area contributed by atoms with Gasteiger partial charge in [-0.2, -0.15) is 0 Å². The van der Waals surface area contributed by atoms with Crippen LogP contribution in [0.5, 0.6) is 0 Å². The van der Waals surface area contributed by atoms with Crippen molar-refractivity contribution in [2.75, 3.05) is 0 Å². The number of benzene rings is 1. The Kier molecular flexibility index (Phi) is 2.94. The van der Waals surface area contributed by atoms with Gasteiger partial charge in [-0.15, -0.1) is 0 Å². The van der Waals surface area contributed by atoms with Crippen LogP contribution in [0.2, 0.25) is 0 Å². The van der Waals surface area contributed by atoms with E-state index < -0.39 is 5.97 Å². The molecule has 15 heavy (non-hydrogen) atoms. The molecule has 1 atom stereocenters. The van der Waals surface area contributed by atoms with E-state index in [1.807, 2.05) is 12.1 Å². The van der Waals surface area contributed by atoms with Crippen molar-refractivity contribution in [3.8, 4) is 0 Å². The second-order valence-corrected chi connectivity index (χ2v) is 6.15. The van der Waals surface area contributed by atoms with E-state index in [0.29, 0.717) is 20.9 Å². The molecule has 0 aliphatic carbocycles. The molecule has 0 amide bonds. The van der Waals surface area contributed by atoms with Crippen LogP contribution in [0.25, 0.3) is 9.65 Å². The molecule has 1 aromatic carbocycles. The van der Waals surface area contributed by atoms with E-state index in [0.717, 1.165) is 0 Å². The fraction of sp³-hybridized carbons (Fsp3) is 0.250. The average Bonchev–Trinajstić information content (AvgIpc) is 2.59. The van der Waals surface area contributed by atoms with Crippen LogP contribution in [-0.2, 0) is 11.2 Å². The number of carbonyl (C=O) groups is 1. The van der Waals surface area contributed by atoms with Gasteiger partial charge in [0.15, 0.2) is 0 Å². The van der Waals surface area contributed by atoms with Crippen LogP contribution in [-0.4, -0.2) is 25.6 Å². The molecule has 0 saturated carbocycles. The van der Waals surface area contributed by atoms with Crippen LogP contribution < -0.4 is 0 Å². The first-order valence-electron chi connectivity index (χ1n) is 4.87. The average molecular weight is 267 g/mol. The quantitative estimate of drug-likeness (QED) is 0.865. The number of rotatable bonds is 3. The van der Waals surface area contributed by atoms with Crippen LogP contribution in [0.3, 0.4) is 0 Å². The fourth-order valence-corrected chi connectivity index (χ4v) is 4.03. The molecule has 2 rings (SSSR count). The van der Waals surface area contributed by atoms with Gasteiger partial charge in [-0.05, 0) is 0 Å². The van der Waals surface area contributed by atoms with Gasteiger partial charge in [0.25, 0.3) is 0 Å². The third-order valence-corrected chi connectivity index (χ3v) is 4.79. The maximum atomic E-state index is 10.7. The van der Waals surface area contributed by atoms with E-state index >= 15 is 0 Å². The summed E-state index contributed by atoms with van der Waals surface area (Å²) < 4.78 is 2.66. The first-order chi connectivity index (χ1) is 7.16. The van der Waals surface area contributed by atoms with Crippen molar-refractivity contribution in [1.29, 1.82) is 0 Å². The number of fused-ring (bicyclic) bond motifs is 1. The molecule has 1 N–H and O–H groups in total. The molecule has 2 nitrogen and oxygen atoms in total. The van der Waals surface area contributed by atoms with E-state index in [9.17, 15) is 4.79 Å². The molecule has 0 spiro atoms. The standard InChI is InChI=1S/C12H12O2Se/c1-8(12(13)14)6-10-7-9-4-2-3-5-11(9)15-10/h2-5,7-8H,6H2,1H3,(H,13,14). The molecule has 1 aromatic heterocycles. The molecule has 3 heteroatoms. The summed E-state index contributed by atoms with van der Waals surface area (Å²) in [6.07, 6.45) is 0.685. The van der Waals surface area contributed by atoms with Gasteiger partial charge in [0.1, 0.15) is 0 Å². The summed E-state index contributed by atoms with van der Waals surface area (Å²) >= 11 is 0.334. The minimum atomic E-state index is -0.706. The summed E-state index contributed by atoms with van der Waals surface area (Å²) in [5.74, 6) is -0.977. The Morgan fingerprint density at radius 1 is 1.47 bits per heavy atom. The van der Waals surface area contributed by atoms with Gasteiger partial charge in [0.05, 0.1) is 0 Å². The van der Waals surface area contributed by atoms with Gasteiger partial charge in [-0.3, -0.25) is 0 Å².